The first-order chi connectivity index (χ1) is 19.3. The summed E-state index contributed by atoms with van der Waals surface area (Å²) in [6.45, 7) is 16.4. The fourth-order valence-electron chi connectivity index (χ4n) is 5.88. The first-order valence-corrected chi connectivity index (χ1v) is 14.2. The number of carbonyl (C=O) groups excluding carboxylic acids is 1. The molecule has 1 fully saturated rings. The molecular formula is C34H41N3O3. The second-order valence-electron chi connectivity index (χ2n) is 10.6. The van der Waals surface area contributed by atoms with E-state index in [0.717, 1.165) is 36.3 Å². The third-order valence-corrected chi connectivity index (χ3v) is 8.05. The number of hydrogen-bond donors (Lipinski definition) is 1. The molecule has 0 aromatic heterocycles. The predicted molar refractivity (Wildman–Crippen MR) is 162 cm³/mol. The van der Waals surface area contributed by atoms with E-state index in [4.69, 9.17) is 0 Å². The van der Waals surface area contributed by atoms with Crippen molar-refractivity contribution in [2.75, 3.05) is 32.7 Å². The highest BCUT2D eigenvalue weighted by atomic mass is 16.4. The molecule has 1 aliphatic heterocycles. The number of amides is 1. The molecule has 0 radical (unpaired) electrons. The van der Waals surface area contributed by atoms with Crippen LogP contribution in [0.15, 0.2) is 85.5 Å². The minimum absolute atomic E-state index is 0.0420. The lowest BCUT2D eigenvalue weighted by Crippen LogP contribution is -2.57. The van der Waals surface area contributed by atoms with E-state index < -0.39 is 5.97 Å². The van der Waals surface area contributed by atoms with Crippen molar-refractivity contribution in [3.8, 4) is 11.1 Å². The minimum Gasteiger partial charge on any atom is -0.478 e. The van der Waals surface area contributed by atoms with Crippen LogP contribution in [0.4, 0.5) is 0 Å². The molecule has 1 aliphatic rings. The lowest BCUT2D eigenvalue weighted by molar-refractivity contribution is 0.0307. The highest BCUT2D eigenvalue weighted by Gasteiger charge is 2.34. The normalized spacial score (nSPS) is 18.7. The summed E-state index contributed by atoms with van der Waals surface area (Å²) in [7, 11) is 0. The molecule has 0 bridgehead atoms. The Hall–Kier alpha value is -3.74. The van der Waals surface area contributed by atoms with Gasteiger partial charge in [0.1, 0.15) is 0 Å². The van der Waals surface area contributed by atoms with E-state index in [1.165, 1.54) is 0 Å². The van der Waals surface area contributed by atoms with Crippen LogP contribution in [-0.4, -0.2) is 76.5 Å². The van der Waals surface area contributed by atoms with Gasteiger partial charge >= 0.3 is 5.97 Å². The smallest absolute Gasteiger partial charge is 0.336 e. The molecule has 1 saturated heterocycles. The molecule has 3 aromatic carbocycles. The maximum Gasteiger partial charge on any atom is 0.336 e. The van der Waals surface area contributed by atoms with E-state index >= 15 is 0 Å². The van der Waals surface area contributed by atoms with Crippen molar-refractivity contribution < 1.29 is 14.7 Å². The molecule has 40 heavy (non-hydrogen) atoms. The van der Waals surface area contributed by atoms with Crippen molar-refractivity contribution in [3.05, 3.63) is 108 Å². The fourth-order valence-corrected chi connectivity index (χ4v) is 5.88. The fraction of sp³-hybridized carbons (Fsp3) is 0.353. The predicted octanol–water partition coefficient (Wildman–Crippen LogP) is 6.20. The third kappa shape index (κ3) is 6.19. The van der Waals surface area contributed by atoms with Crippen molar-refractivity contribution in [3.63, 3.8) is 0 Å². The van der Waals surface area contributed by atoms with Gasteiger partial charge in [-0.05, 0) is 74.2 Å². The van der Waals surface area contributed by atoms with Crippen LogP contribution in [0.25, 0.3) is 11.1 Å². The van der Waals surface area contributed by atoms with Crippen LogP contribution >= 0.6 is 0 Å². The summed E-state index contributed by atoms with van der Waals surface area (Å²) in [4.78, 5) is 31.8. The molecule has 3 atom stereocenters. The first kappa shape index (κ1) is 29.2. The Kier molecular flexibility index (Phi) is 9.56. The Labute approximate surface area is 238 Å². The van der Waals surface area contributed by atoms with Gasteiger partial charge < -0.3 is 10.0 Å². The quantitative estimate of drug-likeness (QED) is 0.311. The average Bonchev–Trinajstić information content (AvgIpc) is 2.97. The van der Waals surface area contributed by atoms with Crippen LogP contribution in [0.2, 0.25) is 0 Å². The van der Waals surface area contributed by atoms with Crippen LogP contribution in [-0.2, 0) is 0 Å². The van der Waals surface area contributed by atoms with Crippen LogP contribution in [0.5, 0.6) is 0 Å². The maximum absolute atomic E-state index is 13.0. The van der Waals surface area contributed by atoms with Crippen LogP contribution in [0.1, 0.15) is 65.6 Å². The van der Waals surface area contributed by atoms with Crippen molar-refractivity contribution >= 4 is 11.9 Å². The lowest BCUT2D eigenvalue weighted by atomic mass is 9.90. The molecule has 0 saturated carbocycles. The second kappa shape index (κ2) is 13.1. The summed E-state index contributed by atoms with van der Waals surface area (Å²) in [6.07, 6.45) is 1.96. The molecule has 1 amide bonds. The standard InChI is InChI=1S/C34H41N3O3/c1-6-20-36-22-25(5)37(23-24(36)4)32(26-16-18-27(19-17-26)33(38)35(7-2)8-3)29-13-11-12-28(21-29)30-14-9-10-15-31(30)34(39)40/h6,9-19,21,24-25,32H,1,7-8,20,22-23H2,2-5H3,(H,39,40)/t24-,25+,32+/m0/s1. The molecule has 6 heteroatoms. The lowest BCUT2D eigenvalue weighted by Gasteiger charge is -2.47. The van der Waals surface area contributed by atoms with E-state index in [-0.39, 0.29) is 23.6 Å². The zero-order valence-corrected chi connectivity index (χ0v) is 24.1. The summed E-state index contributed by atoms with van der Waals surface area (Å²) in [6, 6.07) is 24.0. The molecule has 1 N–H and O–H groups in total. The molecule has 6 nitrogen and oxygen atoms in total. The molecule has 210 valence electrons. The summed E-state index contributed by atoms with van der Waals surface area (Å²) in [5.41, 5.74) is 4.75. The molecule has 0 unspecified atom stereocenters. The summed E-state index contributed by atoms with van der Waals surface area (Å²) < 4.78 is 0. The number of hydrogen-bond acceptors (Lipinski definition) is 4. The number of carboxylic acid groups (broad SMARTS) is 1. The number of aromatic carboxylic acids is 1. The Bertz CT molecular complexity index is 1330. The second-order valence-corrected chi connectivity index (χ2v) is 10.6. The SMILES string of the molecule is C=CCN1C[C@@H](C)N([C@H](c2ccc(C(=O)N(CC)CC)cc2)c2cccc(-c3ccccc3C(=O)O)c2)C[C@@H]1C. The van der Waals surface area contributed by atoms with Crippen LogP contribution in [0.3, 0.4) is 0 Å². The molecular weight excluding hydrogens is 498 g/mol. The zero-order chi connectivity index (χ0) is 28.8. The van der Waals surface area contributed by atoms with Gasteiger partial charge in [0.15, 0.2) is 0 Å². The largest absolute Gasteiger partial charge is 0.478 e. The van der Waals surface area contributed by atoms with Gasteiger partial charge in [-0.1, -0.05) is 54.6 Å². The van der Waals surface area contributed by atoms with Crippen LogP contribution < -0.4 is 0 Å². The zero-order valence-electron chi connectivity index (χ0n) is 24.1. The number of benzene rings is 3. The Balaban J connectivity index is 1.78. The van der Waals surface area contributed by atoms with E-state index in [1.807, 2.05) is 61.2 Å². The summed E-state index contributed by atoms with van der Waals surface area (Å²) >= 11 is 0. The maximum atomic E-state index is 13.0. The van der Waals surface area contributed by atoms with Gasteiger partial charge in [-0.15, -0.1) is 6.58 Å². The third-order valence-electron chi connectivity index (χ3n) is 8.05. The van der Waals surface area contributed by atoms with Gasteiger partial charge in [0, 0.05) is 50.4 Å². The molecule has 0 aliphatic carbocycles. The van der Waals surface area contributed by atoms with E-state index in [0.29, 0.717) is 30.3 Å². The van der Waals surface area contributed by atoms with Crippen molar-refractivity contribution in [1.29, 1.82) is 0 Å². The van der Waals surface area contributed by atoms with Gasteiger partial charge in [0.05, 0.1) is 11.6 Å². The van der Waals surface area contributed by atoms with Crippen LogP contribution in [0, 0.1) is 0 Å². The number of nitrogens with zero attached hydrogens (tertiary/aromatic N) is 3. The molecule has 4 rings (SSSR count). The van der Waals surface area contributed by atoms with Gasteiger partial charge in [0.25, 0.3) is 5.91 Å². The number of rotatable bonds is 10. The van der Waals surface area contributed by atoms with E-state index in [2.05, 4.69) is 54.5 Å². The van der Waals surface area contributed by atoms with Crippen molar-refractivity contribution in [2.24, 2.45) is 0 Å². The van der Waals surface area contributed by atoms with E-state index in [1.54, 1.807) is 12.1 Å². The number of piperazine rings is 1. The number of carboxylic acids is 1. The van der Waals surface area contributed by atoms with Gasteiger partial charge in [0.2, 0.25) is 0 Å². The monoisotopic (exact) mass is 539 g/mol. The first-order valence-electron chi connectivity index (χ1n) is 14.2. The van der Waals surface area contributed by atoms with Gasteiger partial charge in [-0.25, -0.2) is 4.79 Å². The highest BCUT2D eigenvalue weighted by molar-refractivity contribution is 5.96. The Morgan fingerprint density at radius 3 is 2.30 bits per heavy atom. The summed E-state index contributed by atoms with van der Waals surface area (Å²) in [5.74, 6) is -0.896. The molecule has 1 heterocycles. The summed E-state index contributed by atoms with van der Waals surface area (Å²) in [5, 5.41) is 9.81. The minimum atomic E-state index is -0.938. The number of carbonyl (C=O) groups is 2. The van der Waals surface area contributed by atoms with Gasteiger partial charge in [-0.2, -0.15) is 0 Å². The van der Waals surface area contributed by atoms with Crippen molar-refractivity contribution in [2.45, 2.75) is 45.8 Å². The highest BCUT2D eigenvalue weighted by Crippen LogP contribution is 2.36. The Morgan fingerprint density at radius 2 is 1.65 bits per heavy atom. The molecule has 3 aromatic rings. The van der Waals surface area contributed by atoms with Crippen molar-refractivity contribution in [1.82, 2.24) is 14.7 Å². The topological polar surface area (TPSA) is 64.1 Å². The average molecular weight is 540 g/mol. The van der Waals surface area contributed by atoms with E-state index in [9.17, 15) is 14.7 Å². The Morgan fingerprint density at radius 1 is 0.950 bits per heavy atom. The molecule has 0 spiro atoms. The van der Waals surface area contributed by atoms with Gasteiger partial charge in [-0.3, -0.25) is 14.6 Å².